The maximum absolute atomic E-state index is 14.4. The zero-order valence-corrected chi connectivity index (χ0v) is 20.2. The van der Waals surface area contributed by atoms with Gasteiger partial charge in [-0.1, -0.05) is 6.92 Å². The molecule has 2 atom stereocenters. The number of fused-ring (bicyclic) bond motifs is 3. The molecule has 0 radical (unpaired) electrons. The van der Waals surface area contributed by atoms with Crippen molar-refractivity contribution in [2.45, 2.75) is 63.4 Å². The van der Waals surface area contributed by atoms with Gasteiger partial charge in [-0.25, -0.2) is 0 Å². The van der Waals surface area contributed by atoms with Gasteiger partial charge in [0.25, 0.3) is 5.91 Å². The van der Waals surface area contributed by atoms with E-state index in [0.717, 1.165) is 18.5 Å². The van der Waals surface area contributed by atoms with Gasteiger partial charge in [-0.3, -0.25) is 19.4 Å². The number of carbonyl (C=O) groups excluding carboxylic acids is 1. The third-order valence-electron chi connectivity index (χ3n) is 6.95. The van der Waals surface area contributed by atoms with Crippen LogP contribution in [0.1, 0.15) is 70.4 Å². The van der Waals surface area contributed by atoms with E-state index in [4.69, 9.17) is 13.9 Å². The zero-order valence-electron chi connectivity index (χ0n) is 20.2. The second-order valence-corrected chi connectivity index (χ2v) is 9.82. The van der Waals surface area contributed by atoms with Crippen LogP contribution in [0.25, 0.3) is 11.3 Å². The maximum Gasteiger partial charge on any atom is 0.420 e. The SMILES string of the molecule is CC1Cc2oc(C(=O)NCc3cnc(C4CC4)cn3)c(C(F)(F)F)c2-c2nn(C[C@H]3COCCO3)cc21. The molecule has 3 aromatic rings. The van der Waals surface area contributed by atoms with Gasteiger partial charge in [-0.05, 0) is 18.8 Å². The normalized spacial score (nSPS) is 21.4. The number of carbonyl (C=O) groups is 1. The van der Waals surface area contributed by atoms with Crippen LogP contribution in [0, 0.1) is 0 Å². The lowest BCUT2D eigenvalue weighted by molar-refractivity contribution is -0.137. The zero-order chi connectivity index (χ0) is 25.7. The van der Waals surface area contributed by atoms with Crippen LogP contribution < -0.4 is 5.32 Å². The van der Waals surface area contributed by atoms with Gasteiger partial charge in [0.2, 0.25) is 5.76 Å². The first-order chi connectivity index (χ1) is 17.8. The molecule has 12 heteroatoms. The van der Waals surface area contributed by atoms with Gasteiger partial charge < -0.3 is 19.2 Å². The molecular weight excluding hydrogens is 491 g/mol. The molecule has 1 aliphatic heterocycles. The minimum absolute atomic E-state index is 0.0703. The van der Waals surface area contributed by atoms with Gasteiger partial charge >= 0.3 is 6.18 Å². The maximum atomic E-state index is 14.4. The summed E-state index contributed by atoms with van der Waals surface area (Å²) in [6.45, 7) is 3.54. The number of aromatic nitrogens is 4. The van der Waals surface area contributed by atoms with Crippen LogP contribution in [0.4, 0.5) is 13.2 Å². The molecule has 1 saturated heterocycles. The Bertz CT molecular complexity index is 1310. The third-order valence-corrected chi connectivity index (χ3v) is 6.95. The van der Waals surface area contributed by atoms with E-state index < -0.39 is 23.4 Å². The van der Waals surface area contributed by atoms with E-state index >= 15 is 0 Å². The lowest BCUT2D eigenvalue weighted by atomic mass is 9.86. The minimum Gasteiger partial charge on any atom is -0.455 e. The van der Waals surface area contributed by atoms with E-state index in [0.29, 0.717) is 43.5 Å². The number of alkyl halides is 3. The Labute approximate surface area is 210 Å². The molecule has 6 rings (SSSR count). The van der Waals surface area contributed by atoms with Crippen LogP contribution in [0.5, 0.6) is 0 Å². The summed E-state index contributed by atoms with van der Waals surface area (Å²) in [7, 11) is 0. The molecule has 9 nitrogen and oxygen atoms in total. The quantitative estimate of drug-likeness (QED) is 0.530. The van der Waals surface area contributed by atoms with E-state index in [9.17, 15) is 18.0 Å². The topological polar surface area (TPSA) is 104 Å². The average Bonchev–Trinajstić information content (AvgIpc) is 3.51. The first-order valence-electron chi connectivity index (χ1n) is 12.4. The number of furan rings is 1. The van der Waals surface area contributed by atoms with Gasteiger partial charge in [0.1, 0.15) is 17.4 Å². The largest absolute Gasteiger partial charge is 0.455 e. The van der Waals surface area contributed by atoms with E-state index in [2.05, 4.69) is 20.4 Å². The molecular formula is C25H26F3N5O4. The molecule has 1 saturated carbocycles. The van der Waals surface area contributed by atoms with Crippen molar-refractivity contribution in [1.82, 2.24) is 25.1 Å². The molecule has 0 spiro atoms. The summed E-state index contributed by atoms with van der Waals surface area (Å²) in [5, 5.41) is 6.98. The van der Waals surface area contributed by atoms with E-state index in [1.165, 1.54) is 6.20 Å². The molecule has 0 aromatic carbocycles. The standard InChI is InChI=1S/C25H26F3N5O4/c1-13-6-19-20(22-17(13)11-33(32-22)10-16-12-35-4-5-36-16)21(25(26,27)28)23(37-19)24(34)31-8-15-7-30-18(9-29-15)14-2-3-14/h7,9,11,13-14,16H,2-6,8,10,12H2,1H3,(H,31,34)/t13?,16-/m0/s1. The molecule has 2 fully saturated rings. The Morgan fingerprint density at radius 1 is 1.22 bits per heavy atom. The summed E-state index contributed by atoms with van der Waals surface area (Å²) in [5.74, 6) is -1.33. The molecule has 37 heavy (non-hydrogen) atoms. The van der Waals surface area contributed by atoms with Crippen LogP contribution in [0.15, 0.2) is 23.0 Å². The number of amides is 1. The van der Waals surface area contributed by atoms with Crippen LogP contribution >= 0.6 is 0 Å². The van der Waals surface area contributed by atoms with Crippen LogP contribution in [-0.2, 0) is 35.2 Å². The lowest BCUT2D eigenvalue weighted by Gasteiger charge is -2.22. The Morgan fingerprint density at radius 3 is 2.73 bits per heavy atom. The molecule has 3 aliphatic rings. The predicted octanol–water partition coefficient (Wildman–Crippen LogP) is 3.83. The fourth-order valence-corrected chi connectivity index (χ4v) is 4.92. The Balaban J connectivity index is 1.28. The smallest absolute Gasteiger partial charge is 0.420 e. The molecule has 0 bridgehead atoms. The molecule has 1 N–H and O–H groups in total. The van der Waals surface area contributed by atoms with E-state index in [-0.39, 0.29) is 42.0 Å². The number of nitrogens with one attached hydrogen (secondary N) is 1. The van der Waals surface area contributed by atoms with Gasteiger partial charge in [0, 0.05) is 30.3 Å². The van der Waals surface area contributed by atoms with Gasteiger partial charge in [-0.2, -0.15) is 18.3 Å². The van der Waals surface area contributed by atoms with Crippen LogP contribution in [-0.4, -0.2) is 51.6 Å². The fraction of sp³-hybridized carbons (Fsp3) is 0.520. The Morgan fingerprint density at radius 2 is 2.05 bits per heavy atom. The number of hydrogen-bond acceptors (Lipinski definition) is 7. The van der Waals surface area contributed by atoms with Crippen molar-refractivity contribution in [1.29, 1.82) is 0 Å². The van der Waals surface area contributed by atoms with E-state index in [1.807, 2.05) is 6.92 Å². The molecule has 1 unspecified atom stereocenters. The first-order valence-corrected chi connectivity index (χ1v) is 12.4. The van der Waals surface area contributed by atoms with Crippen molar-refractivity contribution < 1.29 is 31.9 Å². The minimum atomic E-state index is -4.82. The van der Waals surface area contributed by atoms with Gasteiger partial charge in [0.15, 0.2) is 0 Å². The highest BCUT2D eigenvalue weighted by molar-refractivity contribution is 5.96. The van der Waals surface area contributed by atoms with Gasteiger partial charge in [0.05, 0.1) is 61.8 Å². The Kier molecular flexibility index (Phi) is 6.03. The summed E-state index contributed by atoms with van der Waals surface area (Å²) in [6.07, 6.45) is 2.25. The monoisotopic (exact) mass is 517 g/mol. The second-order valence-electron chi connectivity index (χ2n) is 9.82. The summed E-state index contributed by atoms with van der Waals surface area (Å²) >= 11 is 0. The number of hydrogen-bond donors (Lipinski definition) is 1. The summed E-state index contributed by atoms with van der Waals surface area (Å²) < 4.78 is 61.3. The molecule has 3 aromatic heterocycles. The first kappa shape index (κ1) is 24.1. The average molecular weight is 518 g/mol. The lowest BCUT2D eigenvalue weighted by Crippen LogP contribution is -2.32. The van der Waals surface area contributed by atoms with Crippen LogP contribution in [0.2, 0.25) is 0 Å². The van der Waals surface area contributed by atoms with Gasteiger partial charge in [-0.15, -0.1) is 0 Å². The van der Waals surface area contributed by atoms with E-state index in [1.54, 1.807) is 17.1 Å². The molecule has 4 heterocycles. The van der Waals surface area contributed by atoms with Crippen molar-refractivity contribution in [3.63, 3.8) is 0 Å². The summed E-state index contributed by atoms with van der Waals surface area (Å²) in [4.78, 5) is 21.5. The summed E-state index contributed by atoms with van der Waals surface area (Å²) in [5.41, 5.74) is 0.923. The fourth-order valence-electron chi connectivity index (χ4n) is 4.92. The highest BCUT2D eigenvalue weighted by Gasteiger charge is 2.46. The summed E-state index contributed by atoms with van der Waals surface area (Å²) in [6, 6.07) is 0. The van der Waals surface area contributed by atoms with Crippen molar-refractivity contribution >= 4 is 5.91 Å². The number of halogens is 3. The molecule has 2 aliphatic carbocycles. The number of ether oxygens (including phenoxy) is 2. The molecule has 196 valence electrons. The highest BCUT2D eigenvalue weighted by Crippen LogP contribution is 2.48. The predicted molar refractivity (Wildman–Crippen MR) is 123 cm³/mol. The van der Waals surface area contributed by atoms with Crippen molar-refractivity contribution in [3.8, 4) is 11.3 Å². The molecule has 1 amide bonds. The Hall–Kier alpha value is -3.25. The highest BCUT2D eigenvalue weighted by atomic mass is 19.4. The third kappa shape index (κ3) is 4.75. The van der Waals surface area contributed by atoms with Crippen molar-refractivity contribution in [2.75, 3.05) is 19.8 Å². The number of nitrogens with zero attached hydrogens (tertiary/aromatic N) is 4. The number of rotatable bonds is 6. The second kappa shape index (κ2) is 9.25. The van der Waals surface area contributed by atoms with Crippen molar-refractivity contribution in [3.05, 3.63) is 52.6 Å². The van der Waals surface area contributed by atoms with Crippen LogP contribution in [0.3, 0.4) is 0 Å². The van der Waals surface area contributed by atoms with Crippen molar-refractivity contribution in [2.24, 2.45) is 0 Å².